The summed E-state index contributed by atoms with van der Waals surface area (Å²) in [6, 6.07) is 0.278. The first-order valence-electron chi connectivity index (χ1n) is 5.63. The lowest BCUT2D eigenvalue weighted by Crippen LogP contribution is -2.46. The minimum atomic E-state index is -0.120. The largest absolute Gasteiger partial charge is 0.351 e. The first-order chi connectivity index (χ1) is 6.67. The summed E-state index contributed by atoms with van der Waals surface area (Å²) in [7, 11) is 0. The quantitative estimate of drug-likeness (QED) is 0.612. The maximum absolute atomic E-state index is 5.57. The van der Waals surface area contributed by atoms with Crippen molar-refractivity contribution in [2.75, 3.05) is 19.8 Å². The zero-order valence-corrected chi connectivity index (χ0v) is 10.2. The molecule has 0 saturated carbocycles. The maximum atomic E-state index is 5.57. The first kappa shape index (κ1) is 13.9. The van der Waals surface area contributed by atoms with Gasteiger partial charge in [0, 0.05) is 13.2 Å². The minimum Gasteiger partial charge on any atom is -0.351 e. The summed E-state index contributed by atoms with van der Waals surface area (Å²) in [4.78, 5) is 0. The van der Waals surface area contributed by atoms with E-state index in [4.69, 9.17) is 9.47 Å². The number of rotatable bonds is 8. The molecule has 3 nitrogen and oxygen atoms in total. The van der Waals surface area contributed by atoms with Crippen LogP contribution in [-0.2, 0) is 9.47 Å². The predicted octanol–water partition coefficient (Wildman–Crippen LogP) is 2.02. The zero-order valence-electron chi connectivity index (χ0n) is 10.2. The van der Waals surface area contributed by atoms with Crippen LogP contribution in [0, 0.1) is 5.92 Å². The highest BCUT2D eigenvalue weighted by molar-refractivity contribution is 4.73. The average molecular weight is 203 g/mol. The van der Waals surface area contributed by atoms with Crippen molar-refractivity contribution < 1.29 is 9.47 Å². The average Bonchev–Trinajstić information content (AvgIpc) is 2.13. The molecule has 0 spiro atoms. The van der Waals surface area contributed by atoms with E-state index in [0.717, 1.165) is 6.54 Å². The van der Waals surface area contributed by atoms with E-state index in [1.165, 1.54) is 0 Å². The molecule has 0 aliphatic heterocycles. The molecule has 0 aromatic carbocycles. The molecular formula is C11H25NO2. The van der Waals surface area contributed by atoms with Crippen molar-refractivity contribution in [2.45, 2.75) is 47.0 Å². The molecule has 0 fully saturated rings. The van der Waals surface area contributed by atoms with Crippen LogP contribution in [0.25, 0.3) is 0 Å². The van der Waals surface area contributed by atoms with Gasteiger partial charge in [-0.05, 0) is 26.3 Å². The van der Waals surface area contributed by atoms with Gasteiger partial charge in [-0.2, -0.15) is 0 Å². The van der Waals surface area contributed by atoms with Crippen LogP contribution in [0.15, 0.2) is 0 Å². The highest BCUT2D eigenvalue weighted by atomic mass is 16.7. The normalized spacial score (nSPS) is 13.9. The lowest BCUT2D eigenvalue weighted by atomic mass is 10.0. The Kier molecular flexibility index (Phi) is 8.14. The van der Waals surface area contributed by atoms with Crippen molar-refractivity contribution >= 4 is 0 Å². The summed E-state index contributed by atoms with van der Waals surface area (Å²) in [5, 5.41) is 3.40. The van der Waals surface area contributed by atoms with Crippen LogP contribution >= 0.6 is 0 Å². The van der Waals surface area contributed by atoms with Gasteiger partial charge in [-0.1, -0.05) is 20.8 Å². The molecule has 14 heavy (non-hydrogen) atoms. The number of hydrogen-bond acceptors (Lipinski definition) is 3. The highest BCUT2D eigenvalue weighted by Gasteiger charge is 2.24. The van der Waals surface area contributed by atoms with Crippen molar-refractivity contribution in [1.82, 2.24) is 5.32 Å². The molecule has 0 bridgehead atoms. The van der Waals surface area contributed by atoms with E-state index in [-0.39, 0.29) is 12.3 Å². The Hall–Kier alpha value is -0.120. The summed E-state index contributed by atoms with van der Waals surface area (Å²) < 4.78 is 11.1. The molecule has 0 aromatic heterocycles. The Labute approximate surface area is 88.2 Å². The van der Waals surface area contributed by atoms with Crippen molar-refractivity contribution in [3.63, 3.8) is 0 Å². The summed E-state index contributed by atoms with van der Waals surface area (Å²) in [5.41, 5.74) is 0. The predicted molar refractivity (Wildman–Crippen MR) is 59.3 cm³/mol. The van der Waals surface area contributed by atoms with Gasteiger partial charge in [0.1, 0.15) is 0 Å². The van der Waals surface area contributed by atoms with E-state index in [1.54, 1.807) is 0 Å². The van der Waals surface area contributed by atoms with Crippen LogP contribution in [0.4, 0.5) is 0 Å². The molecule has 0 heterocycles. The molecule has 3 heteroatoms. The molecular weight excluding hydrogens is 178 g/mol. The Morgan fingerprint density at radius 3 is 1.79 bits per heavy atom. The first-order valence-corrected chi connectivity index (χ1v) is 5.63. The van der Waals surface area contributed by atoms with E-state index in [0.29, 0.717) is 19.1 Å². The van der Waals surface area contributed by atoms with Gasteiger partial charge in [-0.25, -0.2) is 0 Å². The van der Waals surface area contributed by atoms with Gasteiger partial charge < -0.3 is 14.8 Å². The molecule has 0 aromatic rings. The number of likely N-dealkylation sites (N-methyl/N-ethyl adjacent to an activating group) is 1. The van der Waals surface area contributed by atoms with Gasteiger partial charge >= 0.3 is 0 Å². The van der Waals surface area contributed by atoms with E-state index in [2.05, 4.69) is 26.1 Å². The Morgan fingerprint density at radius 1 is 1.00 bits per heavy atom. The fraction of sp³-hybridized carbons (Fsp3) is 1.00. The monoisotopic (exact) mass is 203 g/mol. The van der Waals surface area contributed by atoms with Crippen LogP contribution < -0.4 is 5.32 Å². The van der Waals surface area contributed by atoms with Crippen LogP contribution in [0.3, 0.4) is 0 Å². The fourth-order valence-electron chi connectivity index (χ4n) is 1.47. The summed E-state index contributed by atoms with van der Waals surface area (Å²) in [6.45, 7) is 12.8. The number of hydrogen-bond donors (Lipinski definition) is 1. The number of nitrogens with one attached hydrogen (secondary N) is 1. The molecule has 1 N–H and O–H groups in total. The minimum absolute atomic E-state index is 0.120. The van der Waals surface area contributed by atoms with E-state index < -0.39 is 0 Å². The van der Waals surface area contributed by atoms with Gasteiger partial charge in [0.05, 0.1) is 6.04 Å². The molecule has 0 amide bonds. The smallest absolute Gasteiger partial charge is 0.172 e. The third-order valence-corrected chi connectivity index (χ3v) is 2.11. The van der Waals surface area contributed by atoms with E-state index in [1.807, 2.05) is 13.8 Å². The SMILES string of the molecule is CCNC(C(C)C)C(OCC)OCC. The maximum Gasteiger partial charge on any atom is 0.172 e. The summed E-state index contributed by atoms with van der Waals surface area (Å²) >= 11 is 0. The third kappa shape index (κ3) is 4.94. The van der Waals surface area contributed by atoms with Crippen molar-refractivity contribution in [2.24, 2.45) is 5.92 Å². The lowest BCUT2D eigenvalue weighted by molar-refractivity contribution is -0.160. The van der Waals surface area contributed by atoms with Gasteiger partial charge in [0.2, 0.25) is 0 Å². The van der Waals surface area contributed by atoms with Crippen molar-refractivity contribution in [1.29, 1.82) is 0 Å². The standard InChI is InChI=1S/C11H25NO2/c1-6-12-10(9(4)5)11(13-7-2)14-8-3/h9-12H,6-8H2,1-5H3. The second-order valence-corrected chi connectivity index (χ2v) is 3.61. The van der Waals surface area contributed by atoms with Crippen LogP contribution in [0.5, 0.6) is 0 Å². The molecule has 0 radical (unpaired) electrons. The lowest BCUT2D eigenvalue weighted by Gasteiger charge is -2.30. The van der Waals surface area contributed by atoms with Gasteiger partial charge in [-0.15, -0.1) is 0 Å². The second kappa shape index (κ2) is 8.21. The van der Waals surface area contributed by atoms with Crippen molar-refractivity contribution in [3.8, 4) is 0 Å². The van der Waals surface area contributed by atoms with Gasteiger partial charge in [0.25, 0.3) is 0 Å². The second-order valence-electron chi connectivity index (χ2n) is 3.61. The van der Waals surface area contributed by atoms with Crippen LogP contribution in [-0.4, -0.2) is 32.1 Å². The zero-order chi connectivity index (χ0) is 11.0. The van der Waals surface area contributed by atoms with E-state index >= 15 is 0 Å². The van der Waals surface area contributed by atoms with Gasteiger partial charge in [-0.3, -0.25) is 0 Å². The van der Waals surface area contributed by atoms with Gasteiger partial charge in [0.15, 0.2) is 6.29 Å². The van der Waals surface area contributed by atoms with Crippen LogP contribution in [0.1, 0.15) is 34.6 Å². The van der Waals surface area contributed by atoms with Crippen LogP contribution in [0.2, 0.25) is 0 Å². The molecule has 86 valence electrons. The molecule has 0 aliphatic carbocycles. The fourth-order valence-corrected chi connectivity index (χ4v) is 1.47. The van der Waals surface area contributed by atoms with E-state index in [9.17, 15) is 0 Å². The molecule has 1 unspecified atom stereocenters. The Morgan fingerprint density at radius 2 is 1.50 bits per heavy atom. The Bertz CT molecular complexity index is 122. The molecule has 0 saturated heterocycles. The topological polar surface area (TPSA) is 30.5 Å². The molecule has 1 atom stereocenters. The molecule has 0 aliphatic rings. The van der Waals surface area contributed by atoms with Crippen molar-refractivity contribution in [3.05, 3.63) is 0 Å². The molecule has 0 rings (SSSR count). The Balaban J connectivity index is 4.21. The highest BCUT2D eigenvalue weighted by Crippen LogP contribution is 2.11. The summed E-state index contributed by atoms with van der Waals surface area (Å²) in [6.07, 6.45) is -0.120. The summed E-state index contributed by atoms with van der Waals surface area (Å²) in [5.74, 6) is 0.512. The number of ether oxygens (including phenoxy) is 2. The third-order valence-electron chi connectivity index (χ3n) is 2.11.